The molecular weight excluding hydrogens is 432 g/mol. The Kier molecular flexibility index (Phi) is 6.18. The minimum Gasteiger partial charge on any atom is -0.487 e. The summed E-state index contributed by atoms with van der Waals surface area (Å²) in [6.45, 7) is 0. The smallest absolute Gasteiger partial charge is 0.203 e. The molecule has 1 aromatic carbocycles. The molecule has 1 saturated carbocycles. The summed E-state index contributed by atoms with van der Waals surface area (Å²) in [6.07, 6.45) is 12.0. The molecule has 3 heterocycles. The first-order valence-electron chi connectivity index (χ1n) is 11.4. The molecule has 5 rings (SSSR count). The van der Waals surface area contributed by atoms with Gasteiger partial charge in [0, 0.05) is 31.3 Å². The van der Waals surface area contributed by atoms with E-state index in [1.807, 2.05) is 37.5 Å². The Morgan fingerprint density at radius 2 is 1.88 bits per heavy atom. The van der Waals surface area contributed by atoms with Crippen molar-refractivity contribution in [1.29, 1.82) is 0 Å². The molecule has 0 unspecified atom stereocenters. The van der Waals surface area contributed by atoms with E-state index >= 15 is 0 Å². The molecule has 174 valence electrons. The van der Waals surface area contributed by atoms with Crippen LogP contribution in [0.2, 0.25) is 0 Å². The predicted octanol–water partition coefficient (Wildman–Crippen LogP) is 2.70. The highest BCUT2D eigenvalue weighted by Gasteiger charge is 2.21. The van der Waals surface area contributed by atoms with Gasteiger partial charge >= 0.3 is 0 Å². The number of hydrogen-bond acceptors (Lipinski definition) is 7. The van der Waals surface area contributed by atoms with E-state index in [9.17, 15) is 9.90 Å². The van der Waals surface area contributed by atoms with Crippen molar-refractivity contribution in [2.75, 3.05) is 0 Å². The van der Waals surface area contributed by atoms with Crippen LogP contribution in [0.1, 0.15) is 36.9 Å². The maximum atomic E-state index is 12.4. The minimum absolute atomic E-state index is 0.0928. The van der Waals surface area contributed by atoms with Crippen molar-refractivity contribution in [2.45, 2.75) is 44.3 Å². The van der Waals surface area contributed by atoms with Crippen LogP contribution >= 0.6 is 0 Å². The number of ether oxygens (including phenoxy) is 1. The Bertz CT molecular complexity index is 1320. The fourth-order valence-electron chi connectivity index (χ4n) is 4.14. The fraction of sp³-hybridized carbons (Fsp3) is 0.320. The molecule has 0 spiro atoms. The second-order valence-electron chi connectivity index (χ2n) is 8.61. The van der Waals surface area contributed by atoms with Gasteiger partial charge in [-0.05, 0) is 37.3 Å². The van der Waals surface area contributed by atoms with Crippen molar-refractivity contribution in [3.05, 3.63) is 82.8 Å². The van der Waals surface area contributed by atoms with Crippen molar-refractivity contribution in [3.63, 3.8) is 0 Å². The summed E-state index contributed by atoms with van der Waals surface area (Å²) in [4.78, 5) is 21.4. The predicted molar refractivity (Wildman–Crippen MR) is 126 cm³/mol. The number of aromatic nitrogens is 6. The Labute approximate surface area is 196 Å². The Morgan fingerprint density at radius 1 is 1.09 bits per heavy atom. The van der Waals surface area contributed by atoms with Gasteiger partial charge in [-0.2, -0.15) is 10.2 Å². The molecule has 0 aliphatic heterocycles. The van der Waals surface area contributed by atoms with Crippen LogP contribution in [0.4, 0.5) is 0 Å². The van der Waals surface area contributed by atoms with E-state index in [1.54, 1.807) is 34.2 Å². The molecule has 0 radical (unpaired) electrons. The Hall–Kier alpha value is -3.85. The first-order valence-corrected chi connectivity index (χ1v) is 11.4. The maximum absolute atomic E-state index is 12.4. The van der Waals surface area contributed by atoms with Gasteiger partial charge in [-0.25, -0.2) is 14.6 Å². The summed E-state index contributed by atoms with van der Waals surface area (Å²) in [5, 5.41) is 18.3. The van der Waals surface area contributed by atoms with Gasteiger partial charge in [-0.1, -0.05) is 18.2 Å². The fourth-order valence-corrected chi connectivity index (χ4v) is 4.14. The van der Waals surface area contributed by atoms with Crippen LogP contribution in [0, 0.1) is 0 Å². The highest BCUT2D eigenvalue weighted by Crippen LogP contribution is 2.24. The van der Waals surface area contributed by atoms with Crippen LogP contribution in [0.3, 0.4) is 0 Å². The second kappa shape index (κ2) is 9.56. The van der Waals surface area contributed by atoms with Gasteiger partial charge in [-0.15, -0.1) is 0 Å². The van der Waals surface area contributed by atoms with E-state index in [0.29, 0.717) is 23.7 Å². The van der Waals surface area contributed by atoms with Crippen molar-refractivity contribution in [1.82, 2.24) is 29.5 Å². The lowest BCUT2D eigenvalue weighted by atomic mass is 9.95. The van der Waals surface area contributed by atoms with Crippen LogP contribution < -0.4 is 10.2 Å². The SMILES string of the molecule is Cn1cc(-n2ccc(=O)c(Cc3cccc(-c4ncc(O[C@H]5CC[C@H](O)CC5)cn4)c3)n2)cn1. The molecule has 4 aromatic rings. The van der Waals surface area contributed by atoms with Gasteiger partial charge in [0.05, 0.1) is 37.0 Å². The van der Waals surface area contributed by atoms with Gasteiger partial charge < -0.3 is 9.84 Å². The molecular formula is C25H26N6O3. The third-order valence-electron chi connectivity index (χ3n) is 5.97. The number of benzene rings is 1. The molecule has 1 N–H and O–H groups in total. The summed E-state index contributed by atoms with van der Waals surface area (Å²) < 4.78 is 9.32. The zero-order chi connectivity index (χ0) is 23.5. The summed E-state index contributed by atoms with van der Waals surface area (Å²) in [6, 6.07) is 9.32. The average molecular weight is 459 g/mol. The third-order valence-corrected chi connectivity index (χ3v) is 5.97. The zero-order valence-electron chi connectivity index (χ0n) is 18.9. The monoisotopic (exact) mass is 458 g/mol. The lowest BCUT2D eigenvalue weighted by Gasteiger charge is -2.25. The van der Waals surface area contributed by atoms with E-state index in [4.69, 9.17) is 4.74 Å². The molecule has 1 aliphatic rings. The van der Waals surface area contributed by atoms with Crippen LogP contribution in [0.15, 0.2) is 66.1 Å². The Balaban J connectivity index is 1.31. The first kappa shape index (κ1) is 22.0. The standard InChI is InChI=1S/C25H26N6O3/c1-30-16-19(13-28-30)31-10-9-24(33)23(29-31)12-17-3-2-4-18(11-17)25-26-14-22(15-27-25)34-21-7-5-20(32)6-8-21/h2-4,9-11,13-16,20-21,32H,5-8,12H2,1H3/t20-,21-. The Morgan fingerprint density at radius 3 is 2.62 bits per heavy atom. The van der Waals surface area contributed by atoms with Crippen LogP contribution in [0.5, 0.6) is 5.75 Å². The molecule has 0 bridgehead atoms. The highest BCUT2D eigenvalue weighted by molar-refractivity contribution is 5.56. The third kappa shape index (κ3) is 5.04. The number of hydrogen-bond donors (Lipinski definition) is 1. The largest absolute Gasteiger partial charge is 0.487 e. The summed E-state index contributed by atoms with van der Waals surface area (Å²) in [5.74, 6) is 1.22. The highest BCUT2D eigenvalue weighted by atomic mass is 16.5. The van der Waals surface area contributed by atoms with Gasteiger partial charge in [0.15, 0.2) is 11.6 Å². The van der Waals surface area contributed by atoms with E-state index in [1.165, 1.54) is 6.07 Å². The summed E-state index contributed by atoms with van der Waals surface area (Å²) in [5.41, 5.74) is 2.92. The van der Waals surface area contributed by atoms with Gasteiger partial charge in [0.25, 0.3) is 0 Å². The first-order chi connectivity index (χ1) is 16.5. The molecule has 1 aliphatic carbocycles. The summed E-state index contributed by atoms with van der Waals surface area (Å²) in [7, 11) is 1.83. The normalized spacial score (nSPS) is 18.1. The topological polar surface area (TPSA) is 108 Å². The molecule has 3 aromatic heterocycles. The number of nitrogens with zero attached hydrogens (tertiary/aromatic N) is 6. The number of aryl methyl sites for hydroxylation is 1. The van der Waals surface area contributed by atoms with Crippen molar-refractivity contribution in [2.24, 2.45) is 7.05 Å². The summed E-state index contributed by atoms with van der Waals surface area (Å²) >= 11 is 0. The molecule has 0 saturated heterocycles. The van der Waals surface area contributed by atoms with Crippen molar-refractivity contribution in [3.8, 4) is 22.8 Å². The van der Waals surface area contributed by atoms with Crippen molar-refractivity contribution >= 4 is 0 Å². The molecule has 34 heavy (non-hydrogen) atoms. The van der Waals surface area contributed by atoms with E-state index < -0.39 is 0 Å². The lowest BCUT2D eigenvalue weighted by Crippen LogP contribution is -2.26. The second-order valence-corrected chi connectivity index (χ2v) is 8.61. The molecule has 1 fully saturated rings. The van der Waals surface area contributed by atoms with Crippen molar-refractivity contribution < 1.29 is 9.84 Å². The molecule has 9 nitrogen and oxygen atoms in total. The zero-order valence-corrected chi connectivity index (χ0v) is 18.9. The van der Waals surface area contributed by atoms with Gasteiger partial charge in [0.2, 0.25) is 5.43 Å². The van der Waals surface area contributed by atoms with Gasteiger partial charge in [-0.3, -0.25) is 9.48 Å². The lowest BCUT2D eigenvalue weighted by molar-refractivity contribution is 0.0662. The van der Waals surface area contributed by atoms with E-state index in [-0.39, 0.29) is 17.6 Å². The van der Waals surface area contributed by atoms with E-state index in [2.05, 4.69) is 20.2 Å². The molecule has 0 atom stereocenters. The van der Waals surface area contributed by atoms with Crippen LogP contribution in [-0.2, 0) is 13.5 Å². The van der Waals surface area contributed by atoms with Crippen LogP contribution in [-0.4, -0.2) is 46.8 Å². The maximum Gasteiger partial charge on any atom is 0.203 e. The molecule has 0 amide bonds. The quantitative estimate of drug-likeness (QED) is 0.473. The number of aliphatic hydroxyl groups is 1. The minimum atomic E-state index is -0.213. The van der Waals surface area contributed by atoms with Gasteiger partial charge in [0.1, 0.15) is 11.4 Å². The molecule has 9 heteroatoms. The van der Waals surface area contributed by atoms with E-state index in [0.717, 1.165) is 42.5 Å². The number of rotatable bonds is 6. The number of aliphatic hydroxyl groups excluding tert-OH is 1. The van der Waals surface area contributed by atoms with Crippen LogP contribution in [0.25, 0.3) is 17.1 Å². The average Bonchev–Trinajstić information content (AvgIpc) is 3.29.